The summed E-state index contributed by atoms with van der Waals surface area (Å²) in [6.45, 7) is 2.19. The van der Waals surface area contributed by atoms with E-state index in [9.17, 15) is 9.59 Å². The Hall–Kier alpha value is -3.53. The second kappa shape index (κ2) is 10.6. The molecule has 2 amide bonds. The van der Waals surface area contributed by atoms with Gasteiger partial charge in [0.2, 0.25) is 11.8 Å². The number of nitrogens with zero attached hydrogens (tertiary/aromatic N) is 1. The molecule has 0 heterocycles. The predicted molar refractivity (Wildman–Crippen MR) is 105 cm³/mol. The van der Waals surface area contributed by atoms with Gasteiger partial charge in [0.15, 0.2) is 11.5 Å². The van der Waals surface area contributed by atoms with Crippen molar-refractivity contribution >= 4 is 17.5 Å². The smallest absolute Gasteiger partial charge is 0.221 e. The van der Waals surface area contributed by atoms with Crippen LogP contribution in [-0.4, -0.2) is 25.5 Å². The van der Waals surface area contributed by atoms with Gasteiger partial charge in [-0.15, -0.1) is 0 Å². The van der Waals surface area contributed by atoms with Gasteiger partial charge in [0, 0.05) is 31.6 Å². The SMILES string of the molecule is COc1cc(C#N)ccc1OCCCC(=O)NCc1cccc(NC(C)=O)c1. The normalized spacial score (nSPS) is 9.89. The standard InChI is InChI=1S/C21H23N3O4/c1-15(25)24-18-6-3-5-17(11-18)14-23-21(26)7-4-10-28-19-9-8-16(13-22)12-20(19)27-2/h3,5-6,8-9,11-12H,4,7,10,14H2,1-2H3,(H,23,26)(H,24,25). The maximum absolute atomic E-state index is 12.0. The summed E-state index contributed by atoms with van der Waals surface area (Å²) in [5.74, 6) is 0.805. The molecule has 2 aromatic carbocycles. The number of hydrogen-bond acceptors (Lipinski definition) is 5. The number of amides is 2. The molecule has 0 aliphatic heterocycles. The largest absolute Gasteiger partial charge is 0.493 e. The van der Waals surface area contributed by atoms with Crippen LogP contribution >= 0.6 is 0 Å². The van der Waals surface area contributed by atoms with Gasteiger partial charge >= 0.3 is 0 Å². The van der Waals surface area contributed by atoms with Gasteiger partial charge in [0.1, 0.15) is 0 Å². The number of ether oxygens (including phenoxy) is 2. The third-order valence-corrected chi connectivity index (χ3v) is 3.84. The Labute approximate surface area is 164 Å². The lowest BCUT2D eigenvalue weighted by atomic mass is 10.2. The number of carbonyl (C=O) groups excluding carboxylic acids is 2. The number of nitrogens with one attached hydrogen (secondary N) is 2. The van der Waals surface area contributed by atoms with Crippen molar-refractivity contribution in [2.24, 2.45) is 0 Å². The van der Waals surface area contributed by atoms with Crippen LogP contribution in [0.5, 0.6) is 11.5 Å². The number of carbonyl (C=O) groups is 2. The average Bonchev–Trinajstić information content (AvgIpc) is 2.69. The number of methoxy groups -OCH3 is 1. The van der Waals surface area contributed by atoms with Crippen molar-refractivity contribution in [2.75, 3.05) is 19.0 Å². The Kier molecular flexibility index (Phi) is 7.85. The van der Waals surface area contributed by atoms with Gasteiger partial charge in [0.05, 0.1) is 25.3 Å². The molecular formula is C21H23N3O4. The molecule has 2 rings (SSSR count). The van der Waals surface area contributed by atoms with Crippen LogP contribution in [0.2, 0.25) is 0 Å². The van der Waals surface area contributed by atoms with Crippen LogP contribution in [0, 0.1) is 11.3 Å². The zero-order valence-corrected chi connectivity index (χ0v) is 16.0. The molecule has 7 heteroatoms. The maximum Gasteiger partial charge on any atom is 0.221 e. The van der Waals surface area contributed by atoms with Crippen molar-refractivity contribution in [1.29, 1.82) is 5.26 Å². The van der Waals surface area contributed by atoms with Gasteiger partial charge in [-0.25, -0.2) is 0 Å². The van der Waals surface area contributed by atoms with Gasteiger partial charge < -0.3 is 20.1 Å². The Morgan fingerprint density at radius 1 is 1.14 bits per heavy atom. The summed E-state index contributed by atoms with van der Waals surface area (Å²) in [5.41, 5.74) is 2.09. The quantitative estimate of drug-likeness (QED) is 0.651. The van der Waals surface area contributed by atoms with Gasteiger partial charge in [-0.3, -0.25) is 9.59 Å². The molecule has 2 N–H and O–H groups in total. The summed E-state index contributed by atoms with van der Waals surface area (Å²) in [6, 6.07) is 14.3. The highest BCUT2D eigenvalue weighted by Crippen LogP contribution is 2.27. The Balaban J connectivity index is 1.73. The van der Waals surface area contributed by atoms with E-state index in [2.05, 4.69) is 10.6 Å². The van der Waals surface area contributed by atoms with E-state index >= 15 is 0 Å². The third kappa shape index (κ3) is 6.65. The summed E-state index contributed by atoms with van der Waals surface area (Å²) in [5, 5.41) is 14.5. The van der Waals surface area contributed by atoms with Crippen molar-refractivity contribution in [3.8, 4) is 17.6 Å². The van der Waals surface area contributed by atoms with Crippen LogP contribution < -0.4 is 20.1 Å². The van der Waals surface area contributed by atoms with Crippen LogP contribution in [0.15, 0.2) is 42.5 Å². The topological polar surface area (TPSA) is 100 Å². The Morgan fingerprint density at radius 2 is 1.96 bits per heavy atom. The fraction of sp³-hybridized carbons (Fsp3) is 0.286. The molecule has 0 aliphatic carbocycles. The van der Waals surface area contributed by atoms with E-state index in [4.69, 9.17) is 14.7 Å². The van der Waals surface area contributed by atoms with Gasteiger partial charge in [-0.1, -0.05) is 12.1 Å². The van der Waals surface area contributed by atoms with E-state index in [1.54, 1.807) is 24.3 Å². The average molecular weight is 381 g/mol. The highest BCUT2D eigenvalue weighted by molar-refractivity contribution is 5.88. The second-order valence-corrected chi connectivity index (χ2v) is 6.09. The Bertz CT molecular complexity index is 874. The summed E-state index contributed by atoms with van der Waals surface area (Å²) in [4.78, 5) is 23.1. The van der Waals surface area contributed by atoms with Crippen molar-refractivity contribution < 1.29 is 19.1 Å². The minimum atomic E-state index is -0.139. The first-order valence-corrected chi connectivity index (χ1v) is 8.86. The first-order chi connectivity index (χ1) is 13.5. The van der Waals surface area contributed by atoms with E-state index in [1.807, 2.05) is 24.3 Å². The lowest BCUT2D eigenvalue weighted by Crippen LogP contribution is -2.23. The highest BCUT2D eigenvalue weighted by Gasteiger charge is 2.07. The predicted octanol–water partition coefficient (Wildman–Crippen LogP) is 3.00. The lowest BCUT2D eigenvalue weighted by molar-refractivity contribution is -0.121. The fourth-order valence-corrected chi connectivity index (χ4v) is 2.52. The van der Waals surface area contributed by atoms with E-state index in [0.717, 1.165) is 5.56 Å². The lowest BCUT2D eigenvalue weighted by Gasteiger charge is -2.11. The molecular weight excluding hydrogens is 358 g/mol. The number of nitriles is 1. The van der Waals surface area contributed by atoms with E-state index < -0.39 is 0 Å². The molecule has 2 aromatic rings. The molecule has 0 unspecified atom stereocenters. The van der Waals surface area contributed by atoms with Gasteiger partial charge in [0.25, 0.3) is 0 Å². The molecule has 0 aromatic heterocycles. The zero-order chi connectivity index (χ0) is 20.4. The monoisotopic (exact) mass is 381 g/mol. The minimum Gasteiger partial charge on any atom is -0.493 e. The molecule has 0 radical (unpaired) electrons. The van der Waals surface area contributed by atoms with Crippen LogP contribution in [0.1, 0.15) is 30.9 Å². The van der Waals surface area contributed by atoms with E-state index in [-0.39, 0.29) is 11.8 Å². The summed E-state index contributed by atoms with van der Waals surface area (Å²) >= 11 is 0. The molecule has 0 atom stereocenters. The van der Waals surface area contributed by atoms with Crippen LogP contribution in [0.3, 0.4) is 0 Å². The van der Waals surface area contributed by atoms with E-state index in [0.29, 0.717) is 48.7 Å². The summed E-state index contributed by atoms with van der Waals surface area (Å²) in [7, 11) is 1.51. The Morgan fingerprint density at radius 3 is 2.68 bits per heavy atom. The highest BCUT2D eigenvalue weighted by atomic mass is 16.5. The summed E-state index contributed by atoms with van der Waals surface area (Å²) in [6.07, 6.45) is 0.866. The summed E-state index contributed by atoms with van der Waals surface area (Å²) < 4.78 is 10.8. The van der Waals surface area contributed by atoms with Crippen LogP contribution in [-0.2, 0) is 16.1 Å². The first kappa shape index (κ1) is 20.8. The molecule has 0 spiro atoms. The zero-order valence-electron chi connectivity index (χ0n) is 16.0. The molecule has 0 saturated heterocycles. The number of anilines is 1. The molecule has 0 fully saturated rings. The maximum atomic E-state index is 12.0. The van der Waals surface area contributed by atoms with Crippen molar-refractivity contribution in [1.82, 2.24) is 5.32 Å². The molecule has 0 saturated carbocycles. The van der Waals surface area contributed by atoms with Crippen molar-refractivity contribution in [3.63, 3.8) is 0 Å². The second-order valence-electron chi connectivity index (χ2n) is 6.09. The fourth-order valence-electron chi connectivity index (χ4n) is 2.52. The number of benzene rings is 2. The van der Waals surface area contributed by atoms with Gasteiger partial charge in [-0.05, 0) is 36.2 Å². The van der Waals surface area contributed by atoms with Crippen LogP contribution in [0.4, 0.5) is 5.69 Å². The molecule has 0 aliphatic rings. The molecule has 28 heavy (non-hydrogen) atoms. The minimum absolute atomic E-state index is 0.0830. The third-order valence-electron chi connectivity index (χ3n) is 3.84. The van der Waals surface area contributed by atoms with Crippen LogP contribution in [0.25, 0.3) is 0 Å². The van der Waals surface area contributed by atoms with Gasteiger partial charge in [-0.2, -0.15) is 5.26 Å². The number of hydrogen-bond donors (Lipinski definition) is 2. The molecule has 0 bridgehead atoms. The first-order valence-electron chi connectivity index (χ1n) is 8.86. The van der Waals surface area contributed by atoms with Crippen molar-refractivity contribution in [2.45, 2.75) is 26.3 Å². The van der Waals surface area contributed by atoms with Crippen molar-refractivity contribution in [3.05, 3.63) is 53.6 Å². The molecule has 146 valence electrons. The molecule has 7 nitrogen and oxygen atoms in total. The van der Waals surface area contributed by atoms with E-state index in [1.165, 1.54) is 14.0 Å². The number of rotatable bonds is 9.